The van der Waals surface area contributed by atoms with Gasteiger partial charge >= 0.3 is 0 Å². The summed E-state index contributed by atoms with van der Waals surface area (Å²) in [6.45, 7) is 3.99. The zero-order chi connectivity index (χ0) is 15.9. The second-order valence-corrected chi connectivity index (χ2v) is 5.45. The van der Waals surface area contributed by atoms with Gasteiger partial charge in [0.1, 0.15) is 0 Å². The third-order valence-corrected chi connectivity index (χ3v) is 3.62. The highest BCUT2D eigenvalue weighted by Gasteiger charge is 2.12. The summed E-state index contributed by atoms with van der Waals surface area (Å²) in [5.41, 5.74) is 2.00. The number of ketones is 1. The second-order valence-electron chi connectivity index (χ2n) is 5.45. The molecule has 3 heteroatoms. The van der Waals surface area contributed by atoms with E-state index < -0.39 is 0 Å². The lowest BCUT2D eigenvalue weighted by molar-refractivity contribution is -0.119. The zero-order valence-corrected chi connectivity index (χ0v) is 13.0. The van der Waals surface area contributed by atoms with Crippen molar-refractivity contribution in [3.8, 4) is 0 Å². The molecule has 114 valence electrons. The predicted molar refractivity (Wildman–Crippen MR) is 89.0 cm³/mol. The van der Waals surface area contributed by atoms with Crippen LogP contribution >= 0.6 is 0 Å². The van der Waals surface area contributed by atoms with E-state index in [1.54, 1.807) is 36.4 Å². The van der Waals surface area contributed by atoms with E-state index in [2.05, 4.69) is 12.2 Å². The molecule has 0 heterocycles. The van der Waals surface area contributed by atoms with Gasteiger partial charge < -0.3 is 5.32 Å². The van der Waals surface area contributed by atoms with Crippen LogP contribution in [-0.4, -0.2) is 11.7 Å². The first-order valence-electron chi connectivity index (χ1n) is 7.62. The fourth-order valence-electron chi connectivity index (χ4n) is 2.29. The fraction of sp³-hybridized carbons (Fsp3) is 0.263. The largest absolute Gasteiger partial charge is 0.326 e. The maximum absolute atomic E-state index is 12.3. The van der Waals surface area contributed by atoms with Crippen LogP contribution in [0.5, 0.6) is 0 Å². The topological polar surface area (TPSA) is 46.2 Å². The normalized spacial score (nSPS) is 11.7. The molecular weight excluding hydrogens is 274 g/mol. The average Bonchev–Trinajstić information content (AvgIpc) is 2.56. The molecule has 0 saturated carbocycles. The van der Waals surface area contributed by atoms with Crippen LogP contribution in [0.3, 0.4) is 0 Å². The van der Waals surface area contributed by atoms with Crippen molar-refractivity contribution in [3.05, 3.63) is 65.7 Å². The van der Waals surface area contributed by atoms with E-state index in [4.69, 9.17) is 0 Å². The third-order valence-electron chi connectivity index (χ3n) is 3.62. The number of hydrogen-bond donors (Lipinski definition) is 1. The van der Waals surface area contributed by atoms with Crippen molar-refractivity contribution in [1.29, 1.82) is 0 Å². The van der Waals surface area contributed by atoms with Crippen molar-refractivity contribution in [2.45, 2.75) is 26.7 Å². The molecule has 0 aliphatic heterocycles. The summed E-state index contributed by atoms with van der Waals surface area (Å²) in [6.07, 6.45) is 1.86. The van der Waals surface area contributed by atoms with Gasteiger partial charge in [-0.1, -0.05) is 50.6 Å². The van der Waals surface area contributed by atoms with Crippen molar-refractivity contribution in [3.63, 3.8) is 0 Å². The molecule has 2 aromatic carbocycles. The molecule has 0 spiro atoms. The van der Waals surface area contributed by atoms with Crippen LogP contribution in [0, 0.1) is 5.92 Å². The Kier molecular flexibility index (Phi) is 5.48. The molecular formula is C19H21NO2. The second kappa shape index (κ2) is 7.55. The molecule has 1 amide bonds. The van der Waals surface area contributed by atoms with Crippen molar-refractivity contribution in [2.24, 2.45) is 5.92 Å². The SMILES string of the molecule is CCCC(C)C(=O)Nc1ccc(C(=O)c2ccccc2)cc1. The first-order valence-corrected chi connectivity index (χ1v) is 7.62. The summed E-state index contributed by atoms with van der Waals surface area (Å²) in [4.78, 5) is 24.3. The number of carbonyl (C=O) groups is 2. The van der Waals surface area contributed by atoms with Crippen LogP contribution in [0.15, 0.2) is 54.6 Å². The molecule has 2 aromatic rings. The van der Waals surface area contributed by atoms with Gasteiger partial charge in [0.15, 0.2) is 5.78 Å². The summed E-state index contributed by atoms with van der Waals surface area (Å²) in [5.74, 6) is -0.00237. The maximum atomic E-state index is 12.3. The Morgan fingerprint density at radius 1 is 0.955 bits per heavy atom. The molecule has 0 fully saturated rings. The van der Waals surface area contributed by atoms with Crippen LogP contribution in [0.4, 0.5) is 5.69 Å². The summed E-state index contributed by atoms with van der Waals surface area (Å²) in [5, 5.41) is 2.88. The number of hydrogen-bond acceptors (Lipinski definition) is 2. The quantitative estimate of drug-likeness (QED) is 0.808. The Morgan fingerprint density at radius 2 is 1.55 bits per heavy atom. The van der Waals surface area contributed by atoms with Gasteiger partial charge in [-0.05, 0) is 30.7 Å². The number of amides is 1. The number of rotatable bonds is 6. The molecule has 1 atom stereocenters. The minimum Gasteiger partial charge on any atom is -0.326 e. The van der Waals surface area contributed by atoms with Crippen molar-refractivity contribution in [2.75, 3.05) is 5.32 Å². The lowest BCUT2D eigenvalue weighted by atomic mass is 10.0. The molecule has 1 unspecified atom stereocenters. The molecule has 3 nitrogen and oxygen atoms in total. The average molecular weight is 295 g/mol. The van der Waals surface area contributed by atoms with E-state index in [1.165, 1.54) is 0 Å². The van der Waals surface area contributed by atoms with E-state index in [0.717, 1.165) is 18.5 Å². The minimum atomic E-state index is -0.0159. The van der Waals surface area contributed by atoms with Crippen LogP contribution in [0.25, 0.3) is 0 Å². The number of benzene rings is 2. The first-order chi connectivity index (χ1) is 10.6. The van der Waals surface area contributed by atoms with Gasteiger partial charge in [-0.3, -0.25) is 9.59 Å². The number of anilines is 1. The molecule has 2 rings (SSSR count). The first kappa shape index (κ1) is 16.0. The summed E-state index contributed by atoms with van der Waals surface area (Å²) >= 11 is 0. The Hall–Kier alpha value is -2.42. The molecule has 0 aromatic heterocycles. The van der Waals surface area contributed by atoms with Crippen LogP contribution < -0.4 is 5.32 Å². The number of nitrogens with one attached hydrogen (secondary N) is 1. The smallest absolute Gasteiger partial charge is 0.227 e. The maximum Gasteiger partial charge on any atom is 0.227 e. The fourth-order valence-corrected chi connectivity index (χ4v) is 2.29. The molecule has 1 N–H and O–H groups in total. The molecule has 0 saturated heterocycles. The van der Waals surface area contributed by atoms with Gasteiger partial charge in [0.2, 0.25) is 5.91 Å². The van der Waals surface area contributed by atoms with Gasteiger partial charge in [0, 0.05) is 22.7 Å². The van der Waals surface area contributed by atoms with Gasteiger partial charge in [-0.15, -0.1) is 0 Å². The Labute approximate surface area is 131 Å². The van der Waals surface area contributed by atoms with Gasteiger partial charge in [0.25, 0.3) is 0 Å². The van der Waals surface area contributed by atoms with Crippen LogP contribution in [0.1, 0.15) is 42.6 Å². The Balaban J connectivity index is 2.04. The van der Waals surface area contributed by atoms with E-state index in [1.807, 2.05) is 25.1 Å². The van der Waals surface area contributed by atoms with Crippen LogP contribution in [0.2, 0.25) is 0 Å². The molecule has 22 heavy (non-hydrogen) atoms. The standard InChI is InChI=1S/C19H21NO2/c1-3-7-14(2)19(22)20-17-12-10-16(11-13-17)18(21)15-8-5-4-6-9-15/h4-6,8-14H,3,7H2,1-2H3,(H,20,22). The predicted octanol–water partition coefficient (Wildman–Crippen LogP) is 4.29. The van der Waals surface area contributed by atoms with Crippen molar-refractivity contribution >= 4 is 17.4 Å². The molecule has 0 radical (unpaired) electrons. The number of carbonyl (C=O) groups excluding carboxylic acids is 2. The van der Waals surface area contributed by atoms with Gasteiger partial charge in [-0.25, -0.2) is 0 Å². The van der Waals surface area contributed by atoms with Crippen LogP contribution in [-0.2, 0) is 4.79 Å². The van der Waals surface area contributed by atoms with E-state index >= 15 is 0 Å². The monoisotopic (exact) mass is 295 g/mol. The summed E-state index contributed by atoms with van der Waals surface area (Å²) < 4.78 is 0. The molecule has 0 bridgehead atoms. The van der Waals surface area contributed by atoms with Crippen molar-refractivity contribution < 1.29 is 9.59 Å². The summed E-state index contributed by atoms with van der Waals surface area (Å²) in [6, 6.07) is 16.2. The lowest BCUT2D eigenvalue weighted by Gasteiger charge is -2.11. The van der Waals surface area contributed by atoms with Crippen molar-refractivity contribution in [1.82, 2.24) is 0 Å². The summed E-state index contributed by atoms with van der Waals surface area (Å²) in [7, 11) is 0. The van der Waals surface area contributed by atoms with E-state index in [9.17, 15) is 9.59 Å². The highest BCUT2D eigenvalue weighted by molar-refractivity contribution is 6.09. The van der Waals surface area contributed by atoms with E-state index in [-0.39, 0.29) is 17.6 Å². The molecule has 0 aliphatic carbocycles. The Morgan fingerprint density at radius 3 is 2.14 bits per heavy atom. The van der Waals surface area contributed by atoms with E-state index in [0.29, 0.717) is 11.1 Å². The zero-order valence-electron chi connectivity index (χ0n) is 13.0. The van der Waals surface area contributed by atoms with Gasteiger partial charge in [0.05, 0.1) is 0 Å². The Bertz CT molecular complexity index is 632. The lowest BCUT2D eigenvalue weighted by Crippen LogP contribution is -2.20. The highest BCUT2D eigenvalue weighted by atomic mass is 16.1. The highest BCUT2D eigenvalue weighted by Crippen LogP contribution is 2.15. The minimum absolute atomic E-state index is 0.00405. The molecule has 0 aliphatic rings. The van der Waals surface area contributed by atoms with Gasteiger partial charge in [-0.2, -0.15) is 0 Å². The third kappa shape index (κ3) is 4.04.